The van der Waals surface area contributed by atoms with E-state index in [-0.39, 0.29) is 0 Å². The number of anilines is 1. The highest BCUT2D eigenvalue weighted by Crippen LogP contribution is 2.36. The highest BCUT2D eigenvalue weighted by atomic mass is 32.1. The number of carbonyl (C=O) groups excluding carboxylic acids is 2. The van der Waals surface area contributed by atoms with Gasteiger partial charge in [0.25, 0.3) is 0 Å². The van der Waals surface area contributed by atoms with E-state index in [1.54, 1.807) is 0 Å². The molecule has 0 saturated heterocycles. The van der Waals surface area contributed by atoms with Crippen LogP contribution in [0.4, 0.5) is 5.13 Å². The van der Waals surface area contributed by atoms with Crippen molar-refractivity contribution in [3.05, 3.63) is 5.01 Å². The first-order chi connectivity index (χ1) is 8.20. The topological polar surface area (TPSA) is 81.2 Å². The predicted molar refractivity (Wildman–Crippen MR) is 61.8 cm³/mol. The highest BCUT2D eigenvalue weighted by molar-refractivity contribution is 7.15. The predicted octanol–water partition coefficient (Wildman–Crippen LogP) is 1.31. The summed E-state index contributed by atoms with van der Waals surface area (Å²) in [5.74, 6) is -1.29. The summed E-state index contributed by atoms with van der Waals surface area (Å²) < 4.78 is 4.30. The van der Waals surface area contributed by atoms with Gasteiger partial charge in [-0.25, -0.2) is 4.79 Å². The number of amides is 1. The molecule has 6 nitrogen and oxygen atoms in total. The van der Waals surface area contributed by atoms with Gasteiger partial charge in [0.05, 0.1) is 7.11 Å². The van der Waals surface area contributed by atoms with Crippen LogP contribution in [0.15, 0.2) is 0 Å². The zero-order chi connectivity index (χ0) is 12.3. The minimum Gasteiger partial charge on any atom is -0.462 e. The Hall–Kier alpha value is -1.50. The summed E-state index contributed by atoms with van der Waals surface area (Å²) in [4.78, 5) is 22.1. The van der Waals surface area contributed by atoms with Crippen molar-refractivity contribution in [1.29, 1.82) is 0 Å². The van der Waals surface area contributed by atoms with Crippen LogP contribution in [0.3, 0.4) is 0 Å². The SMILES string of the molecule is COC(=O)C(=O)Nc1nnc(C2CCCC2)s1. The van der Waals surface area contributed by atoms with E-state index in [0.717, 1.165) is 25.0 Å². The van der Waals surface area contributed by atoms with Crippen LogP contribution in [0.5, 0.6) is 0 Å². The highest BCUT2D eigenvalue weighted by Gasteiger charge is 2.22. The van der Waals surface area contributed by atoms with Gasteiger partial charge in [-0.2, -0.15) is 0 Å². The molecule has 7 heteroatoms. The summed E-state index contributed by atoms with van der Waals surface area (Å²) in [6, 6.07) is 0. The van der Waals surface area contributed by atoms with E-state index in [4.69, 9.17) is 0 Å². The van der Waals surface area contributed by atoms with Crippen molar-refractivity contribution in [2.45, 2.75) is 31.6 Å². The fourth-order valence-corrected chi connectivity index (χ4v) is 2.77. The zero-order valence-corrected chi connectivity index (χ0v) is 10.2. The van der Waals surface area contributed by atoms with Crippen LogP contribution < -0.4 is 5.32 Å². The third-order valence-electron chi connectivity index (χ3n) is 2.74. The van der Waals surface area contributed by atoms with Crippen molar-refractivity contribution in [2.75, 3.05) is 12.4 Å². The third-order valence-corrected chi connectivity index (χ3v) is 3.74. The van der Waals surface area contributed by atoms with Crippen LogP contribution >= 0.6 is 11.3 Å². The van der Waals surface area contributed by atoms with E-state index in [2.05, 4.69) is 20.3 Å². The van der Waals surface area contributed by atoms with Crippen LogP contribution in [0.25, 0.3) is 0 Å². The molecule has 0 bridgehead atoms. The van der Waals surface area contributed by atoms with Crippen LogP contribution in [-0.2, 0) is 14.3 Å². The Morgan fingerprint density at radius 1 is 1.35 bits per heavy atom. The summed E-state index contributed by atoms with van der Waals surface area (Å²) in [7, 11) is 1.16. The molecule has 0 atom stereocenters. The van der Waals surface area contributed by atoms with Crippen LogP contribution in [0, 0.1) is 0 Å². The van der Waals surface area contributed by atoms with Crippen molar-refractivity contribution >= 4 is 28.3 Å². The fourth-order valence-electron chi connectivity index (χ4n) is 1.86. The fraction of sp³-hybridized carbons (Fsp3) is 0.600. The molecule has 0 unspecified atom stereocenters. The van der Waals surface area contributed by atoms with E-state index in [1.807, 2.05) is 0 Å². The van der Waals surface area contributed by atoms with E-state index in [0.29, 0.717) is 11.0 Å². The molecule has 0 spiro atoms. The lowest BCUT2D eigenvalue weighted by Crippen LogP contribution is -2.23. The van der Waals surface area contributed by atoms with E-state index in [9.17, 15) is 9.59 Å². The molecule has 1 amide bonds. The number of esters is 1. The number of methoxy groups -OCH3 is 1. The lowest BCUT2D eigenvalue weighted by Gasteiger charge is -2.01. The molecule has 0 aromatic carbocycles. The molecule has 1 aliphatic rings. The smallest absolute Gasteiger partial charge is 0.396 e. The van der Waals surface area contributed by atoms with Crippen molar-refractivity contribution in [3.63, 3.8) is 0 Å². The maximum absolute atomic E-state index is 11.2. The molecule has 92 valence electrons. The lowest BCUT2D eigenvalue weighted by atomic mass is 10.1. The lowest BCUT2D eigenvalue weighted by molar-refractivity contribution is -0.150. The zero-order valence-electron chi connectivity index (χ0n) is 9.43. The first-order valence-corrected chi connectivity index (χ1v) is 6.25. The maximum Gasteiger partial charge on any atom is 0.396 e. The largest absolute Gasteiger partial charge is 0.462 e. The Morgan fingerprint density at radius 2 is 2.06 bits per heavy atom. The summed E-state index contributed by atoms with van der Waals surface area (Å²) in [6.07, 6.45) is 4.68. The van der Waals surface area contributed by atoms with Gasteiger partial charge >= 0.3 is 11.9 Å². The molecule has 1 aromatic heterocycles. The minimum absolute atomic E-state index is 0.349. The average Bonchev–Trinajstić information content (AvgIpc) is 2.97. The van der Waals surface area contributed by atoms with Gasteiger partial charge in [0.2, 0.25) is 5.13 Å². The first-order valence-electron chi connectivity index (χ1n) is 5.43. The van der Waals surface area contributed by atoms with Crippen molar-refractivity contribution in [1.82, 2.24) is 10.2 Å². The van der Waals surface area contributed by atoms with Crippen LogP contribution in [0.2, 0.25) is 0 Å². The molecule has 1 aromatic rings. The molecule has 0 radical (unpaired) electrons. The number of hydrogen-bond acceptors (Lipinski definition) is 6. The molecule has 1 fully saturated rings. The average molecular weight is 255 g/mol. The van der Waals surface area contributed by atoms with Gasteiger partial charge in [-0.05, 0) is 12.8 Å². The number of nitrogens with one attached hydrogen (secondary N) is 1. The Morgan fingerprint density at radius 3 is 2.71 bits per heavy atom. The van der Waals surface area contributed by atoms with Crippen molar-refractivity contribution < 1.29 is 14.3 Å². The maximum atomic E-state index is 11.2. The molecular formula is C10H13N3O3S. The van der Waals surface area contributed by atoms with Gasteiger partial charge in [-0.15, -0.1) is 10.2 Å². The number of ether oxygens (including phenoxy) is 1. The van der Waals surface area contributed by atoms with Gasteiger partial charge in [-0.3, -0.25) is 10.1 Å². The second-order valence-corrected chi connectivity index (χ2v) is 4.88. The number of hydrogen-bond donors (Lipinski definition) is 1. The Bertz CT molecular complexity index is 426. The van der Waals surface area contributed by atoms with E-state index in [1.165, 1.54) is 24.2 Å². The number of rotatable bonds is 2. The van der Waals surface area contributed by atoms with Crippen molar-refractivity contribution in [3.8, 4) is 0 Å². The number of nitrogens with zero attached hydrogens (tertiary/aromatic N) is 2. The summed E-state index contributed by atoms with van der Waals surface area (Å²) in [5.41, 5.74) is 0. The molecule has 1 aliphatic carbocycles. The standard InChI is InChI=1S/C10H13N3O3S/c1-16-9(15)7(14)11-10-13-12-8(17-10)6-4-2-3-5-6/h6H,2-5H2,1H3,(H,11,13,14). The van der Waals surface area contributed by atoms with Crippen LogP contribution in [-0.4, -0.2) is 29.2 Å². The van der Waals surface area contributed by atoms with Crippen molar-refractivity contribution in [2.24, 2.45) is 0 Å². The van der Waals surface area contributed by atoms with Gasteiger partial charge in [0.15, 0.2) is 0 Å². The molecule has 1 heterocycles. The minimum atomic E-state index is -0.928. The Balaban J connectivity index is 1.98. The first kappa shape index (κ1) is 12.0. The van der Waals surface area contributed by atoms with Gasteiger partial charge < -0.3 is 4.74 Å². The second kappa shape index (κ2) is 5.22. The number of aromatic nitrogens is 2. The van der Waals surface area contributed by atoms with Gasteiger partial charge in [-0.1, -0.05) is 24.2 Å². The third kappa shape index (κ3) is 2.79. The summed E-state index contributed by atoms with van der Waals surface area (Å²) in [6.45, 7) is 0. The molecular weight excluding hydrogens is 242 g/mol. The summed E-state index contributed by atoms with van der Waals surface area (Å²) >= 11 is 1.32. The monoisotopic (exact) mass is 255 g/mol. The Kier molecular flexibility index (Phi) is 3.68. The second-order valence-electron chi connectivity index (χ2n) is 3.87. The van der Waals surface area contributed by atoms with E-state index >= 15 is 0 Å². The van der Waals surface area contributed by atoms with Gasteiger partial charge in [0.1, 0.15) is 5.01 Å². The molecule has 17 heavy (non-hydrogen) atoms. The Labute approximate surface area is 102 Å². The molecule has 0 aliphatic heterocycles. The van der Waals surface area contributed by atoms with Crippen LogP contribution in [0.1, 0.15) is 36.6 Å². The molecule has 1 N–H and O–H groups in total. The van der Waals surface area contributed by atoms with E-state index < -0.39 is 11.9 Å². The normalized spacial score (nSPS) is 15.8. The molecule has 1 saturated carbocycles. The summed E-state index contributed by atoms with van der Waals surface area (Å²) in [5, 5.41) is 11.5. The number of carbonyl (C=O) groups is 2. The quantitative estimate of drug-likeness (QED) is 0.636. The molecule has 2 rings (SSSR count). The van der Waals surface area contributed by atoms with Gasteiger partial charge in [0, 0.05) is 5.92 Å².